The lowest BCUT2D eigenvalue weighted by atomic mass is 10.3. The van der Waals surface area contributed by atoms with Crippen LogP contribution in [0.5, 0.6) is 0 Å². The third kappa shape index (κ3) is 4.23. The third-order valence-corrected chi connectivity index (χ3v) is 5.89. The van der Waals surface area contributed by atoms with Gasteiger partial charge in [-0.2, -0.15) is 0 Å². The maximum atomic E-state index is 13.2. The van der Waals surface area contributed by atoms with Crippen molar-refractivity contribution < 1.29 is 9.18 Å². The van der Waals surface area contributed by atoms with Crippen LogP contribution in [0.15, 0.2) is 52.3 Å². The van der Waals surface area contributed by atoms with Gasteiger partial charge in [0.15, 0.2) is 5.16 Å². The molecule has 27 heavy (non-hydrogen) atoms. The molecule has 2 aromatic heterocycles. The number of carbonyl (C=O) groups is 1. The first-order valence-electron chi connectivity index (χ1n) is 7.92. The van der Waals surface area contributed by atoms with E-state index in [2.05, 4.69) is 16.9 Å². The lowest BCUT2D eigenvalue weighted by Crippen LogP contribution is -2.26. The van der Waals surface area contributed by atoms with E-state index >= 15 is 0 Å². The monoisotopic (exact) mass is 423 g/mol. The number of hydrogen-bond donors (Lipinski definition) is 1. The lowest BCUT2D eigenvalue weighted by Gasteiger charge is -2.15. The van der Waals surface area contributed by atoms with Gasteiger partial charge in [-0.05, 0) is 36.6 Å². The molecule has 5 nitrogen and oxygen atoms in total. The quantitative estimate of drug-likeness (QED) is 0.358. The molecule has 2 heterocycles. The van der Waals surface area contributed by atoms with Crippen molar-refractivity contribution in [2.24, 2.45) is 0 Å². The number of amides is 1. The van der Waals surface area contributed by atoms with Crippen LogP contribution in [-0.2, 0) is 11.3 Å². The van der Waals surface area contributed by atoms with Crippen LogP contribution in [-0.4, -0.2) is 20.7 Å². The van der Waals surface area contributed by atoms with Crippen molar-refractivity contribution in [1.29, 1.82) is 0 Å². The minimum absolute atomic E-state index is 0.0715. The highest BCUT2D eigenvalue weighted by atomic mass is 35.5. The van der Waals surface area contributed by atoms with E-state index in [1.54, 1.807) is 24.4 Å². The van der Waals surface area contributed by atoms with Crippen molar-refractivity contribution >= 4 is 56.5 Å². The van der Waals surface area contributed by atoms with E-state index in [1.165, 1.54) is 45.9 Å². The first-order chi connectivity index (χ1) is 12.9. The van der Waals surface area contributed by atoms with Crippen molar-refractivity contribution in [2.75, 3.05) is 5.32 Å². The van der Waals surface area contributed by atoms with Crippen LogP contribution in [0, 0.1) is 5.82 Å². The molecule has 1 unspecified atom stereocenters. The van der Waals surface area contributed by atoms with Gasteiger partial charge >= 0.3 is 0 Å². The molecular weight excluding hydrogens is 409 g/mol. The molecule has 1 aromatic carbocycles. The first kappa shape index (κ1) is 19.6. The maximum Gasteiger partial charge on any atom is 0.263 e. The second kappa shape index (κ2) is 8.24. The van der Waals surface area contributed by atoms with Crippen LogP contribution in [0.1, 0.15) is 6.92 Å². The number of nitrogens with zero attached hydrogens (tertiary/aromatic N) is 2. The molecule has 3 rings (SSSR count). The molecule has 0 bridgehead atoms. The Morgan fingerprint density at radius 1 is 1.52 bits per heavy atom. The van der Waals surface area contributed by atoms with Crippen LogP contribution in [0.25, 0.3) is 10.2 Å². The van der Waals surface area contributed by atoms with E-state index < -0.39 is 11.1 Å². The number of hydrogen-bond acceptors (Lipinski definition) is 5. The molecule has 3 aromatic rings. The van der Waals surface area contributed by atoms with E-state index in [1.807, 2.05) is 0 Å². The minimum Gasteiger partial charge on any atom is -0.325 e. The van der Waals surface area contributed by atoms with Crippen LogP contribution >= 0.6 is 34.7 Å². The Balaban J connectivity index is 1.84. The average molecular weight is 424 g/mol. The van der Waals surface area contributed by atoms with Crippen LogP contribution < -0.4 is 10.9 Å². The van der Waals surface area contributed by atoms with Crippen molar-refractivity contribution in [3.8, 4) is 0 Å². The standard InChI is InChI=1S/C18H15ClFN3O2S2/c1-3-7-23-17(25)12-6-8-26-16(12)22-18(23)27-10(2)15(24)21-11-4-5-14(20)13(19)9-11/h3-6,8-10H,1,7H2,2H3,(H,21,24). The highest BCUT2D eigenvalue weighted by Crippen LogP contribution is 2.26. The van der Waals surface area contributed by atoms with Crippen molar-refractivity contribution in [2.45, 2.75) is 23.9 Å². The number of anilines is 1. The number of benzene rings is 1. The molecule has 1 N–H and O–H groups in total. The molecule has 0 aliphatic rings. The summed E-state index contributed by atoms with van der Waals surface area (Å²) in [5.41, 5.74) is 0.227. The number of carbonyl (C=O) groups excluding carboxylic acids is 1. The smallest absolute Gasteiger partial charge is 0.263 e. The second-order valence-electron chi connectivity index (χ2n) is 5.62. The predicted octanol–water partition coefficient (Wildman–Crippen LogP) is 4.56. The topological polar surface area (TPSA) is 64.0 Å². The summed E-state index contributed by atoms with van der Waals surface area (Å²) in [4.78, 5) is 30.3. The second-order valence-corrected chi connectivity index (χ2v) is 8.23. The van der Waals surface area contributed by atoms with Crippen LogP contribution in [0.3, 0.4) is 0 Å². The van der Waals surface area contributed by atoms with Gasteiger partial charge in [-0.3, -0.25) is 14.2 Å². The van der Waals surface area contributed by atoms with Gasteiger partial charge in [0.1, 0.15) is 10.6 Å². The third-order valence-electron chi connectivity index (χ3n) is 3.70. The Bertz CT molecular complexity index is 1080. The Morgan fingerprint density at radius 3 is 3.00 bits per heavy atom. The summed E-state index contributed by atoms with van der Waals surface area (Å²) in [6, 6.07) is 5.69. The molecule has 0 spiro atoms. The predicted molar refractivity (Wildman–Crippen MR) is 109 cm³/mol. The number of allylic oxidation sites excluding steroid dienone is 1. The van der Waals surface area contributed by atoms with Gasteiger partial charge in [-0.1, -0.05) is 29.4 Å². The fraction of sp³-hybridized carbons (Fsp3) is 0.167. The number of fused-ring (bicyclic) bond motifs is 1. The normalized spacial score (nSPS) is 12.1. The van der Waals surface area contributed by atoms with Gasteiger partial charge < -0.3 is 5.32 Å². The Morgan fingerprint density at radius 2 is 2.30 bits per heavy atom. The molecule has 9 heteroatoms. The fourth-order valence-corrected chi connectivity index (χ4v) is 4.24. The van der Waals surface area contributed by atoms with E-state index in [0.717, 1.165) is 0 Å². The molecule has 0 aliphatic heterocycles. The number of aromatic nitrogens is 2. The largest absolute Gasteiger partial charge is 0.325 e. The van der Waals surface area contributed by atoms with Gasteiger partial charge in [-0.15, -0.1) is 17.9 Å². The molecule has 1 atom stereocenters. The fourth-order valence-electron chi connectivity index (χ4n) is 2.34. The van der Waals surface area contributed by atoms with Crippen LogP contribution in [0.2, 0.25) is 5.02 Å². The van der Waals surface area contributed by atoms with Gasteiger partial charge in [-0.25, -0.2) is 9.37 Å². The van der Waals surface area contributed by atoms with E-state index in [9.17, 15) is 14.0 Å². The van der Waals surface area contributed by atoms with E-state index in [0.29, 0.717) is 27.6 Å². The minimum atomic E-state index is -0.556. The number of thioether (sulfide) groups is 1. The number of nitrogens with one attached hydrogen (secondary N) is 1. The summed E-state index contributed by atoms with van der Waals surface area (Å²) in [7, 11) is 0. The molecule has 0 fully saturated rings. The lowest BCUT2D eigenvalue weighted by molar-refractivity contribution is -0.115. The molecule has 0 aliphatic carbocycles. The zero-order chi connectivity index (χ0) is 19.6. The van der Waals surface area contributed by atoms with Gasteiger partial charge in [0.2, 0.25) is 5.91 Å². The first-order valence-corrected chi connectivity index (χ1v) is 10.1. The number of thiophene rings is 1. The molecular formula is C18H15ClFN3O2S2. The summed E-state index contributed by atoms with van der Waals surface area (Å²) in [6.45, 7) is 5.67. The number of rotatable bonds is 6. The molecule has 1 amide bonds. The summed E-state index contributed by atoms with van der Waals surface area (Å²) in [5, 5.41) is 4.86. The zero-order valence-corrected chi connectivity index (χ0v) is 16.6. The summed E-state index contributed by atoms with van der Waals surface area (Å²) in [6.07, 6.45) is 1.61. The highest BCUT2D eigenvalue weighted by Gasteiger charge is 2.20. The van der Waals surface area contributed by atoms with Crippen molar-refractivity contribution in [1.82, 2.24) is 9.55 Å². The Labute approximate surface area is 167 Å². The molecule has 0 saturated heterocycles. The molecule has 0 saturated carbocycles. The Kier molecular flexibility index (Phi) is 5.98. The van der Waals surface area contributed by atoms with E-state index in [-0.39, 0.29) is 16.5 Å². The highest BCUT2D eigenvalue weighted by molar-refractivity contribution is 8.00. The van der Waals surface area contributed by atoms with Gasteiger partial charge in [0, 0.05) is 12.2 Å². The molecule has 0 radical (unpaired) electrons. The zero-order valence-electron chi connectivity index (χ0n) is 14.2. The van der Waals surface area contributed by atoms with Crippen LogP contribution in [0.4, 0.5) is 10.1 Å². The van der Waals surface area contributed by atoms with Gasteiger partial charge in [0.05, 0.1) is 15.7 Å². The van der Waals surface area contributed by atoms with Crippen molar-refractivity contribution in [3.63, 3.8) is 0 Å². The average Bonchev–Trinajstić information content (AvgIpc) is 3.10. The molecule has 140 valence electrons. The van der Waals surface area contributed by atoms with E-state index in [4.69, 9.17) is 11.6 Å². The maximum absolute atomic E-state index is 13.2. The number of halogens is 2. The SMILES string of the molecule is C=CCn1c(SC(C)C(=O)Nc2ccc(F)c(Cl)c2)nc2sccc2c1=O. The van der Waals surface area contributed by atoms with Gasteiger partial charge in [0.25, 0.3) is 5.56 Å². The Hall–Kier alpha value is -2.16. The van der Waals surface area contributed by atoms with Crippen molar-refractivity contribution in [3.05, 3.63) is 63.5 Å². The summed E-state index contributed by atoms with van der Waals surface area (Å²) >= 11 is 8.27. The summed E-state index contributed by atoms with van der Waals surface area (Å²) < 4.78 is 14.7. The summed E-state index contributed by atoms with van der Waals surface area (Å²) in [5.74, 6) is -0.868.